The lowest BCUT2D eigenvalue weighted by atomic mass is 10.2. The molecule has 0 aromatic carbocycles. The van der Waals surface area contributed by atoms with Crippen LogP contribution in [-0.2, 0) is 16.1 Å². The number of halogens is 1. The lowest BCUT2D eigenvalue weighted by Crippen LogP contribution is -2.26. The number of rotatable bonds is 7. The lowest BCUT2D eigenvalue weighted by molar-refractivity contribution is 0.0945. The Morgan fingerprint density at radius 1 is 1.37 bits per heavy atom. The average Bonchev–Trinajstić information content (AvgIpc) is 2.70. The van der Waals surface area contributed by atoms with Crippen LogP contribution in [-0.4, -0.2) is 25.4 Å². The van der Waals surface area contributed by atoms with Gasteiger partial charge < -0.3 is 9.88 Å². The zero-order valence-corrected chi connectivity index (χ0v) is 12.7. The van der Waals surface area contributed by atoms with Gasteiger partial charge in [0.1, 0.15) is 10.6 Å². The molecule has 1 rings (SSSR count). The van der Waals surface area contributed by atoms with Gasteiger partial charge in [0.15, 0.2) is 0 Å². The summed E-state index contributed by atoms with van der Waals surface area (Å²) in [5.74, 6) is -0.287. The van der Waals surface area contributed by atoms with Crippen LogP contribution < -0.4 is 5.32 Å². The molecule has 1 amide bonds. The number of hydrogen-bond acceptors (Lipinski definition) is 3. The van der Waals surface area contributed by atoms with Gasteiger partial charge in [0, 0.05) is 30.5 Å². The quantitative estimate of drug-likeness (QED) is 0.620. The average molecular weight is 307 g/mol. The van der Waals surface area contributed by atoms with Crippen molar-refractivity contribution in [1.82, 2.24) is 9.88 Å². The number of nitrogens with zero attached hydrogens (tertiary/aromatic N) is 1. The Hall–Kier alpha value is -1.01. The van der Waals surface area contributed by atoms with Gasteiger partial charge in [-0.05, 0) is 12.5 Å². The monoisotopic (exact) mass is 306 g/mol. The molecule has 1 N–H and O–H groups in total. The molecule has 0 fully saturated rings. The fourth-order valence-electron chi connectivity index (χ4n) is 1.74. The SMILES string of the molecule is CCCCCCNC(=O)c1cc(S(=O)(=O)Cl)cn1C. The molecule has 0 saturated heterocycles. The Labute approximate surface area is 118 Å². The third-order valence-corrected chi connectivity index (χ3v) is 4.13. The van der Waals surface area contributed by atoms with E-state index in [1.165, 1.54) is 16.8 Å². The molecule has 5 nitrogen and oxygen atoms in total. The number of carbonyl (C=O) groups excluding carboxylic acids is 1. The van der Waals surface area contributed by atoms with E-state index in [4.69, 9.17) is 10.7 Å². The molecule has 0 aliphatic heterocycles. The van der Waals surface area contributed by atoms with Crippen LogP contribution in [0.4, 0.5) is 0 Å². The fraction of sp³-hybridized carbons (Fsp3) is 0.583. The van der Waals surface area contributed by atoms with Gasteiger partial charge in [-0.2, -0.15) is 0 Å². The Morgan fingerprint density at radius 3 is 2.58 bits per heavy atom. The van der Waals surface area contributed by atoms with Crippen molar-refractivity contribution in [2.24, 2.45) is 7.05 Å². The highest BCUT2D eigenvalue weighted by Crippen LogP contribution is 2.17. The van der Waals surface area contributed by atoms with Gasteiger partial charge in [0.2, 0.25) is 0 Å². The predicted molar refractivity (Wildman–Crippen MR) is 74.9 cm³/mol. The molecule has 108 valence electrons. The zero-order chi connectivity index (χ0) is 14.5. The first-order valence-electron chi connectivity index (χ1n) is 6.25. The van der Waals surface area contributed by atoms with Gasteiger partial charge in [0.05, 0.1) is 0 Å². The number of aryl methyl sites for hydroxylation is 1. The van der Waals surface area contributed by atoms with E-state index in [9.17, 15) is 13.2 Å². The minimum absolute atomic E-state index is 0.0622. The number of unbranched alkanes of at least 4 members (excludes halogenated alkanes) is 3. The van der Waals surface area contributed by atoms with Crippen LogP contribution in [0.3, 0.4) is 0 Å². The summed E-state index contributed by atoms with van der Waals surface area (Å²) in [6.07, 6.45) is 5.61. The topological polar surface area (TPSA) is 68.2 Å². The third-order valence-electron chi connectivity index (χ3n) is 2.81. The lowest BCUT2D eigenvalue weighted by Gasteiger charge is -2.05. The number of carbonyl (C=O) groups is 1. The molecule has 1 heterocycles. The Kier molecular flexibility index (Phi) is 5.87. The van der Waals surface area contributed by atoms with Gasteiger partial charge in [-0.25, -0.2) is 8.42 Å². The van der Waals surface area contributed by atoms with Gasteiger partial charge in [-0.15, -0.1) is 0 Å². The summed E-state index contributed by atoms with van der Waals surface area (Å²) in [4.78, 5) is 11.8. The molecular weight excluding hydrogens is 288 g/mol. The van der Waals surface area contributed by atoms with Gasteiger partial charge in [-0.1, -0.05) is 26.2 Å². The molecule has 1 aromatic rings. The highest BCUT2D eigenvalue weighted by atomic mass is 35.7. The van der Waals surface area contributed by atoms with Crippen molar-refractivity contribution in [1.29, 1.82) is 0 Å². The van der Waals surface area contributed by atoms with E-state index in [0.29, 0.717) is 6.54 Å². The zero-order valence-electron chi connectivity index (χ0n) is 11.1. The smallest absolute Gasteiger partial charge is 0.267 e. The van der Waals surface area contributed by atoms with Crippen LogP contribution in [0.2, 0.25) is 0 Å². The Bertz CT molecular complexity index is 537. The van der Waals surface area contributed by atoms with Crippen LogP contribution in [0, 0.1) is 0 Å². The molecule has 7 heteroatoms. The second kappa shape index (κ2) is 6.96. The molecule has 0 atom stereocenters. The Morgan fingerprint density at radius 2 is 2.05 bits per heavy atom. The fourth-order valence-corrected chi connectivity index (χ4v) is 2.53. The second-order valence-corrected chi connectivity index (χ2v) is 6.99. The first kappa shape index (κ1) is 16.0. The van der Waals surface area contributed by atoms with E-state index in [-0.39, 0.29) is 16.5 Å². The minimum Gasteiger partial charge on any atom is -0.351 e. The van der Waals surface area contributed by atoms with Gasteiger partial charge in [0.25, 0.3) is 15.0 Å². The molecule has 1 aromatic heterocycles. The van der Waals surface area contributed by atoms with E-state index < -0.39 is 9.05 Å². The summed E-state index contributed by atoms with van der Waals surface area (Å²) in [6, 6.07) is 1.28. The van der Waals surface area contributed by atoms with Crippen molar-refractivity contribution in [3.63, 3.8) is 0 Å². The van der Waals surface area contributed by atoms with Crippen LogP contribution in [0.25, 0.3) is 0 Å². The van der Waals surface area contributed by atoms with E-state index in [1.54, 1.807) is 7.05 Å². The third kappa shape index (κ3) is 4.87. The summed E-state index contributed by atoms with van der Waals surface area (Å²) in [5, 5.41) is 2.77. The normalized spacial score (nSPS) is 11.5. The minimum atomic E-state index is -3.80. The first-order chi connectivity index (χ1) is 8.86. The highest BCUT2D eigenvalue weighted by molar-refractivity contribution is 8.13. The van der Waals surface area contributed by atoms with Crippen LogP contribution in [0.15, 0.2) is 17.2 Å². The summed E-state index contributed by atoms with van der Waals surface area (Å²) < 4.78 is 23.8. The van der Waals surface area contributed by atoms with Crippen LogP contribution >= 0.6 is 10.7 Å². The van der Waals surface area contributed by atoms with E-state index in [1.807, 2.05) is 0 Å². The largest absolute Gasteiger partial charge is 0.351 e. The van der Waals surface area contributed by atoms with E-state index in [2.05, 4.69) is 12.2 Å². The molecule has 19 heavy (non-hydrogen) atoms. The standard InChI is InChI=1S/C12H19ClN2O3S/c1-3-4-5-6-7-14-12(16)11-8-10(9-15(11)2)19(13,17)18/h8-9H,3-7H2,1-2H3,(H,14,16). The number of nitrogens with one attached hydrogen (secondary N) is 1. The van der Waals surface area contributed by atoms with Gasteiger partial charge >= 0.3 is 0 Å². The summed E-state index contributed by atoms with van der Waals surface area (Å²) >= 11 is 0. The van der Waals surface area contributed by atoms with Crippen molar-refractivity contribution in [3.05, 3.63) is 18.0 Å². The number of aromatic nitrogens is 1. The predicted octanol–water partition coefficient (Wildman–Crippen LogP) is 2.26. The number of hydrogen-bond donors (Lipinski definition) is 1. The van der Waals surface area contributed by atoms with E-state index in [0.717, 1.165) is 25.7 Å². The van der Waals surface area contributed by atoms with Crippen molar-refractivity contribution < 1.29 is 13.2 Å². The van der Waals surface area contributed by atoms with E-state index >= 15 is 0 Å². The molecule has 0 radical (unpaired) electrons. The van der Waals surface area contributed by atoms with Crippen molar-refractivity contribution in [3.8, 4) is 0 Å². The maximum absolute atomic E-state index is 11.9. The highest BCUT2D eigenvalue weighted by Gasteiger charge is 2.18. The Balaban J connectivity index is 2.60. The van der Waals surface area contributed by atoms with Gasteiger partial charge in [-0.3, -0.25) is 4.79 Å². The summed E-state index contributed by atoms with van der Waals surface area (Å²) in [7, 11) is 3.05. The molecule has 0 aliphatic carbocycles. The molecule has 0 unspecified atom stereocenters. The first-order valence-corrected chi connectivity index (χ1v) is 8.56. The van der Waals surface area contributed by atoms with Crippen LogP contribution in [0.5, 0.6) is 0 Å². The van der Waals surface area contributed by atoms with Crippen LogP contribution in [0.1, 0.15) is 43.1 Å². The van der Waals surface area contributed by atoms with Crippen molar-refractivity contribution >= 4 is 25.6 Å². The molecule has 0 aliphatic rings. The maximum Gasteiger partial charge on any atom is 0.267 e. The van der Waals surface area contributed by atoms with Crippen molar-refractivity contribution in [2.45, 2.75) is 37.5 Å². The molecular formula is C12H19ClN2O3S. The second-order valence-electron chi connectivity index (χ2n) is 4.43. The molecule has 0 bridgehead atoms. The van der Waals surface area contributed by atoms with Crippen molar-refractivity contribution in [2.75, 3.05) is 6.54 Å². The molecule has 0 spiro atoms. The number of amides is 1. The summed E-state index contributed by atoms with van der Waals surface area (Å²) in [5.41, 5.74) is 0.287. The maximum atomic E-state index is 11.9. The molecule has 0 saturated carbocycles. The summed E-state index contributed by atoms with van der Waals surface area (Å²) in [6.45, 7) is 2.71.